The summed E-state index contributed by atoms with van der Waals surface area (Å²) in [7, 11) is 0. The summed E-state index contributed by atoms with van der Waals surface area (Å²) >= 11 is 11.2. The van der Waals surface area contributed by atoms with Crippen LogP contribution in [0.15, 0.2) is 18.2 Å². The summed E-state index contributed by atoms with van der Waals surface area (Å²) in [5.74, 6) is 5.47. The maximum atomic E-state index is 10.2. The van der Waals surface area contributed by atoms with Crippen LogP contribution in [-0.2, 0) is 0 Å². The number of nitrogens with zero attached hydrogens (tertiary/aromatic N) is 1. The molecule has 0 bridgehead atoms. The largest absolute Gasteiger partial charge is 0.298 e. The molecule has 0 aliphatic carbocycles. The van der Waals surface area contributed by atoms with Gasteiger partial charge in [-0.15, -0.1) is 0 Å². The number of carbonyl (C=O) groups is 1. The zero-order chi connectivity index (χ0) is 12.7. The molecule has 0 unspecified atom stereocenters. The summed E-state index contributed by atoms with van der Waals surface area (Å²) in [4.78, 5) is 10.2. The number of benzene rings is 1. The fraction of sp³-hybridized carbons (Fsp3) is 0.417. The van der Waals surface area contributed by atoms with Crippen molar-refractivity contribution in [1.82, 2.24) is 5.01 Å². The number of hydrazine groups is 1. The number of hydrogen-bond acceptors (Lipinski definition) is 3. The predicted molar refractivity (Wildman–Crippen MR) is 71.5 cm³/mol. The molecule has 5 heteroatoms. The van der Waals surface area contributed by atoms with Gasteiger partial charge in [-0.05, 0) is 31.0 Å². The second-order valence-corrected chi connectivity index (χ2v) is 4.72. The Morgan fingerprint density at radius 2 is 1.82 bits per heavy atom. The molecule has 1 fully saturated rings. The lowest BCUT2D eigenvalue weighted by molar-refractivity contribution is 0.112. The first-order valence-corrected chi connectivity index (χ1v) is 6.29. The van der Waals surface area contributed by atoms with Gasteiger partial charge in [0.15, 0.2) is 6.29 Å². The lowest BCUT2D eigenvalue weighted by atomic mass is 10.2. The van der Waals surface area contributed by atoms with E-state index in [1.54, 1.807) is 12.1 Å². The van der Waals surface area contributed by atoms with E-state index < -0.39 is 0 Å². The third kappa shape index (κ3) is 5.50. The van der Waals surface area contributed by atoms with E-state index in [1.807, 2.05) is 5.01 Å². The summed E-state index contributed by atoms with van der Waals surface area (Å²) < 4.78 is 0. The molecule has 0 spiro atoms. The average Bonchev–Trinajstić information content (AvgIpc) is 2.31. The van der Waals surface area contributed by atoms with E-state index in [4.69, 9.17) is 29.0 Å². The number of piperidine rings is 1. The molecule has 0 atom stereocenters. The molecule has 1 aromatic rings. The number of halogens is 2. The molecule has 94 valence electrons. The van der Waals surface area contributed by atoms with Crippen molar-refractivity contribution in [3.05, 3.63) is 33.8 Å². The first kappa shape index (κ1) is 14.5. The van der Waals surface area contributed by atoms with Crippen molar-refractivity contribution in [3.63, 3.8) is 0 Å². The lowest BCUT2D eigenvalue weighted by Gasteiger charge is -2.20. The quantitative estimate of drug-likeness (QED) is 0.632. The maximum absolute atomic E-state index is 10.2. The fourth-order valence-electron chi connectivity index (χ4n) is 1.52. The van der Waals surface area contributed by atoms with Gasteiger partial charge in [0.2, 0.25) is 0 Å². The molecule has 17 heavy (non-hydrogen) atoms. The van der Waals surface area contributed by atoms with E-state index >= 15 is 0 Å². The maximum Gasteiger partial charge on any atom is 0.151 e. The van der Waals surface area contributed by atoms with Crippen molar-refractivity contribution in [2.24, 2.45) is 5.84 Å². The van der Waals surface area contributed by atoms with Crippen LogP contribution >= 0.6 is 23.2 Å². The fourth-order valence-corrected chi connectivity index (χ4v) is 1.97. The molecule has 2 N–H and O–H groups in total. The van der Waals surface area contributed by atoms with Gasteiger partial charge >= 0.3 is 0 Å². The van der Waals surface area contributed by atoms with Gasteiger partial charge in [0, 0.05) is 23.7 Å². The molecular formula is C12H16Cl2N2O. The van der Waals surface area contributed by atoms with Gasteiger partial charge in [0.1, 0.15) is 0 Å². The molecular weight excluding hydrogens is 259 g/mol. The van der Waals surface area contributed by atoms with Crippen LogP contribution in [0.4, 0.5) is 0 Å². The number of hydrogen-bond donors (Lipinski definition) is 1. The Hall–Kier alpha value is -0.610. The minimum Gasteiger partial charge on any atom is -0.298 e. The van der Waals surface area contributed by atoms with Crippen LogP contribution in [0.1, 0.15) is 29.6 Å². The molecule has 2 rings (SSSR count). The highest BCUT2D eigenvalue weighted by Crippen LogP contribution is 2.18. The third-order valence-corrected chi connectivity index (χ3v) is 3.04. The Morgan fingerprint density at radius 3 is 2.24 bits per heavy atom. The Morgan fingerprint density at radius 1 is 1.18 bits per heavy atom. The van der Waals surface area contributed by atoms with E-state index in [9.17, 15) is 4.79 Å². The molecule has 0 aromatic heterocycles. The second kappa shape index (κ2) is 7.67. The summed E-state index contributed by atoms with van der Waals surface area (Å²) in [6.07, 6.45) is 4.64. The topological polar surface area (TPSA) is 46.3 Å². The van der Waals surface area contributed by atoms with Crippen molar-refractivity contribution in [1.29, 1.82) is 0 Å². The third-order valence-electron chi connectivity index (χ3n) is 2.48. The molecule has 1 aliphatic heterocycles. The number of aldehydes is 1. The number of rotatable bonds is 1. The second-order valence-electron chi connectivity index (χ2n) is 3.88. The van der Waals surface area contributed by atoms with Crippen molar-refractivity contribution < 1.29 is 4.79 Å². The van der Waals surface area contributed by atoms with Crippen LogP contribution in [0.5, 0.6) is 0 Å². The monoisotopic (exact) mass is 274 g/mol. The summed E-state index contributed by atoms with van der Waals surface area (Å²) in [5, 5.41) is 2.82. The first-order chi connectivity index (χ1) is 8.13. The SMILES string of the molecule is NN1CCCCC1.O=Cc1ccc(Cl)cc1Cl. The minimum atomic E-state index is 0.391. The highest BCUT2D eigenvalue weighted by Gasteiger charge is 2.02. The molecule has 1 heterocycles. The van der Waals surface area contributed by atoms with Gasteiger partial charge in [-0.25, -0.2) is 5.01 Å². The van der Waals surface area contributed by atoms with Gasteiger partial charge in [-0.2, -0.15) is 0 Å². The zero-order valence-corrected chi connectivity index (χ0v) is 11.0. The van der Waals surface area contributed by atoms with Crippen LogP contribution in [0, 0.1) is 0 Å². The Balaban J connectivity index is 0.000000181. The zero-order valence-electron chi connectivity index (χ0n) is 9.53. The van der Waals surface area contributed by atoms with Gasteiger partial charge in [0.05, 0.1) is 5.02 Å². The Kier molecular flexibility index (Phi) is 6.52. The molecule has 1 saturated heterocycles. The van der Waals surface area contributed by atoms with E-state index in [0.29, 0.717) is 21.9 Å². The van der Waals surface area contributed by atoms with E-state index in [-0.39, 0.29) is 0 Å². The minimum absolute atomic E-state index is 0.391. The smallest absolute Gasteiger partial charge is 0.151 e. The van der Waals surface area contributed by atoms with Gasteiger partial charge in [-0.1, -0.05) is 29.6 Å². The molecule has 1 aliphatic rings. The summed E-state index contributed by atoms with van der Waals surface area (Å²) in [6, 6.07) is 4.74. The molecule has 0 radical (unpaired) electrons. The van der Waals surface area contributed by atoms with E-state index in [0.717, 1.165) is 13.1 Å². The van der Waals surface area contributed by atoms with Gasteiger partial charge in [0.25, 0.3) is 0 Å². The van der Waals surface area contributed by atoms with Crippen LogP contribution in [0.2, 0.25) is 10.0 Å². The highest BCUT2D eigenvalue weighted by molar-refractivity contribution is 6.36. The lowest BCUT2D eigenvalue weighted by Crippen LogP contribution is -2.35. The summed E-state index contributed by atoms with van der Waals surface area (Å²) in [6.45, 7) is 2.19. The van der Waals surface area contributed by atoms with Crippen molar-refractivity contribution in [2.75, 3.05) is 13.1 Å². The number of nitrogens with two attached hydrogens (primary N) is 1. The van der Waals surface area contributed by atoms with Crippen LogP contribution in [-0.4, -0.2) is 24.4 Å². The van der Waals surface area contributed by atoms with Crippen molar-refractivity contribution >= 4 is 29.5 Å². The molecule has 3 nitrogen and oxygen atoms in total. The van der Waals surface area contributed by atoms with Crippen molar-refractivity contribution in [3.8, 4) is 0 Å². The molecule has 0 amide bonds. The van der Waals surface area contributed by atoms with Gasteiger partial charge in [-0.3, -0.25) is 10.6 Å². The highest BCUT2D eigenvalue weighted by atomic mass is 35.5. The average molecular weight is 275 g/mol. The standard InChI is InChI=1S/C7H4Cl2O.C5H12N2/c8-6-2-1-5(4-10)7(9)3-6;6-7-4-2-1-3-5-7/h1-4H;1-6H2. The molecule has 0 saturated carbocycles. The molecule has 1 aromatic carbocycles. The van der Waals surface area contributed by atoms with Crippen molar-refractivity contribution in [2.45, 2.75) is 19.3 Å². The summed E-state index contributed by atoms with van der Waals surface area (Å²) in [5.41, 5.74) is 0.464. The first-order valence-electron chi connectivity index (χ1n) is 5.53. The van der Waals surface area contributed by atoms with Crippen LogP contribution in [0.3, 0.4) is 0 Å². The van der Waals surface area contributed by atoms with E-state index in [1.165, 1.54) is 25.3 Å². The van der Waals surface area contributed by atoms with E-state index in [2.05, 4.69) is 0 Å². The Bertz CT molecular complexity index is 366. The normalized spacial score (nSPS) is 15.9. The number of carbonyl (C=O) groups excluding carboxylic acids is 1. The van der Waals surface area contributed by atoms with Gasteiger partial charge < -0.3 is 0 Å². The van der Waals surface area contributed by atoms with Crippen LogP contribution in [0.25, 0.3) is 0 Å². The Labute approximate surface area is 111 Å². The van der Waals surface area contributed by atoms with Crippen LogP contribution < -0.4 is 5.84 Å². The predicted octanol–water partition coefficient (Wildman–Crippen LogP) is 3.15.